The number of epoxide rings is 1. The third kappa shape index (κ3) is 4.02. The lowest BCUT2D eigenvalue weighted by Gasteiger charge is -2.13. The summed E-state index contributed by atoms with van der Waals surface area (Å²) in [4.78, 5) is 0. The Bertz CT molecular complexity index is 405. The maximum Gasteiger partial charge on any atom is 0.141 e. The minimum atomic E-state index is 0.138. The van der Waals surface area contributed by atoms with Gasteiger partial charge in [-0.05, 0) is 30.5 Å². The summed E-state index contributed by atoms with van der Waals surface area (Å²) in [5.74, 6) is 0.676. The van der Waals surface area contributed by atoms with Gasteiger partial charge in [0.05, 0.1) is 24.3 Å². The quantitative estimate of drug-likeness (QED) is 0.785. The standard InChI is InChI=1S/C13H16Cl2O3/c14-10-6-9(2-1-4-16)13(12(15)7-10)17-5-3-11-8-18-11/h6-7,11,16H,1-5,8H2. The van der Waals surface area contributed by atoms with Crippen molar-refractivity contribution in [2.24, 2.45) is 0 Å². The van der Waals surface area contributed by atoms with Crippen LogP contribution in [0.3, 0.4) is 0 Å². The number of hydrogen-bond acceptors (Lipinski definition) is 3. The predicted octanol–water partition coefficient (Wildman–Crippen LogP) is 3.09. The number of aliphatic hydroxyl groups is 1. The van der Waals surface area contributed by atoms with Crippen molar-refractivity contribution in [3.05, 3.63) is 27.7 Å². The molecule has 1 aliphatic heterocycles. The Morgan fingerprint density at radius 1 is 1.39 bits per heavy atom. The Labute approximate surface area is 117 Å². The van der Waals surface area contributed by atoms with Crippen molar-refractivity contribution in [3.8, 4) is 5.75 Å². The minimum absolute atomic E-state index is 0.138. The molecule has 18 heavy (non-hydrogen) atoms. The first-order valence-electron chi connectivity index (χ1n) is 6.04. The molecule has 0 radical (unpaired) electrons. The summed E-state index contributed by atoms with van der Waals surface area (Å²) in [7, 11) is 0. The second-order valence-electron chi connectivity index (χ2n) is 4.30. The highest BCUT2D eigenvalue weighted by atomic mass is 35.5. The Morgan fingerprint density at radius 2 is 2.17 bits per heavy atom. The molecule has 1 aromatic carbocycles. The molecule has 0 aromatic heterocycles. The molecule has 0 amide bonds. The maximum atomic E-state index is 8.89. The lowest BCUT2D eigenvalue weighted by atomic mass is 10.1. The fourth-order valence-corrected chi connectivity index (χ4v) is 2.35. The molecule has 1 atom stereocenters. The second-order valence-corrected chi connectivity index (χ2v) is 5.14. The molecule has 1 aliphatic rings. The summed E-state index contributed by atoms with van der Waals surface area (Å²) in [6, 6.07) is 3.51. The Hall–Kier alpha value is -0.480. The Balaban J connectivity index is 2.03. The number of hydrogen-bond donors (Lipinski definition) is 1. The van der Waals surface area contributed by atoms with E-state index in [1.165, 1.54) is 0 Å². The Morgan fingerprint density at radius 3 is 2.83 bits per heavy atom. The predicted molar refractivity (Wildman–Crippen MR) is 71.7 cm³/mol. The van der Waals surface area contributed by atoms with Crippen molar-refractivity contribution in [2.45, 2.75) is 25.4 Å². The first-order valence-corrected chi connectivity index (χ1v) is 6.79. The van der Waals surface area contributed by atoms with E-state index >= 15 is 0 Å². The fraction of sp³-hybridized carbons (Fsp3) is 0.538. The summed E-state index contributed by atoms with van der Waals surface area (Å²) in [5, 5.41) is 10.0. The van der Waals surface area contributed by atoms with Gasteiger partial charge in [-0.3, -0.25) is 0 Å². The summed E-state index contributed by atoms with van der Waals surface area (Å²) >= 11 is 12.1. The SMILES string of the molecule is OCCCc1cc(Cl)cc(Cl)c1OCCC1CO1. The van der Waals surface area contributed by atoms with Crippen LogP contribution < -0.4 is 4.74 Å². The zero-order valence-electron chi connectivity index (χ0n) is 9.99. The van der Waals surface area contributed by atoms with Crippen molar-refractivity contribution < 1.29 is 14.6 Å². The highest BCUT2D eigenvalue weighted by molar-refractivity contribution is 6.35. The van der Waals surface area contributed by atoms with Gasteiger partial charge in [-0.25, -0.2) is 0 Å². The van der Waals surface area contributed by atoms with Crippen LogP contribution in [0.1, 0.15) is 18.4 Å². The minimum Gasteiger partial charge on any atom is -0.492 e. The zero-order valence-corrected chi connectivity index (χ0v) is 11.5. The van der Waals surface area contributed by atoms with Gasteiger partial charge in [-0.2, -0.15) is 0 Å². The van der Waals surface area contributed by atoms with Crippen LogP contribution in [0.25, 0.3) is 0 Å². The molecule has 0 bridgehead atoms. The molecular formula is C13H16Cl2O3. The first kappa shape index (κ1) is 13.9. The van der Waals surface area contributed by atoms with Crippen LogP contribution in [-0.4, -0.2) is 31.0 Å². The molecule has 100 valence electrons. The molecule has 1 aromatic rings. The van der Waals surface area contributed by atoms with Gasteiger partial charge < -0.3 is 14.6 Å². The molecule has 1 heterocycles. The molecule has 1 saturated heterocycles. The molecule has 2 rings (SSSR count). The summed E-state index contributed by atoms with van der Waals surface area (Å²) < 4.78 is 10.8. The van der Waals surface area contributed by atoms with Crippen LogP contribution in [0.2, 0.25) is 10.0 Å². The van der Waals surface area contributed by atoms with Crippen LogP contribution in [0, 0.1) is 0 Å². The molecular weight excluding hydrogens is 275 g/mol. The van der Waals surface area contributed by atoms with E-state index in [1.54, 1.807) is 6.07 Å². The van der Waals surface area contributed by atoms with E-state index in [9.17, 15) is 0 Å². The van der Waals surface area contributed by atoms with Crippen LogP contribution >= 0.6 is 23.2 Å². The summed E-state index contributed by atoms with van der Waals surface area (Å²) in [6.07, 6.45) is 2.58. The number of aliphatic hydroxyl groups excluding tert-OH is 1. The van der Waals surface area contributed by atoms with E-state index in [4.69, 9.17) is 37.8 Å². The normalized spacial score (nSPS) is 17.8. The number of benzene rings is 1. The second kappa shape index (κ2) is 6.62. The zero-order chi connectivity index (χ0) is 13.0. The van der Waals surface area contributed by atoms with Gasteiger partial charge in [-0.1, -0.05) is 23.2 Å². The fourth-order valence-electron chi connectivity index (χ4n) is 1.76. The largest absolute Gasteiger partial charge is 0.492 e. The average Bonchev–Trinajstić information content (AvgIpc) is 3.13. The van der Waals surface area contributed by atoms with Crippen LogP contribution in [-0.2, 0) is 11.2 Å². The van der Waals surface area contributed by atoms with Crippen LogP contribution in [0.5, 0.6) is 5.75 Å². The van der Waals surface area contributed by atoms with Crippen molar-refractivity contribution in [1.82, 2.24) is 0 Å². The van der Waals surface area contributed by atoms with Gasteiger partial charge in [0.2, 0.25) is 0 Å². The van der Waals surface area contributed by atoms with Gasteiger partial charge in [0, 0.05) is 18.1 Å². The van der Waals surface area contributed by atoms with Gasteiger partial charge >= 0.3 is 0 Å². The van der Waals surface area contributed by atoms with E-state index in [0.717, 1.165) is 18.6 Å². The van der Waals surface area contributed by atoms with E-state index in [0.29, 0.717) is 41.3 Å². The third-order valence-corrected chi connectivity index (χ3v) is 3.28. The number of ether oxygens (including phenoxy) is 2. The highest BCUT2D eigenvalue weighted by Crippen LogP contribution is 2.33. The summed E-state index contributed by atoms with van der Waals surface area (Å²) in [6.45, 7) is 1.55. The first-order chi connectivity index (χ1) is 8.70. The van der Waals surface area contributed by atoms with Crippen molar-refractivity contribution in [1.29, 1.82) is 0 Å². The van der Waals surface area contributed by atoms with Gasteiger partial charge in [0.25, 0.3) is 0 Å². The molecule has 1 fully saturated rings. The number of aryl methyl sites for hydroxylation is 1. The molecule has 1 N–H and O–H groups in total. The van der Waals surface area contributed by atoms with E-state index in [2.05, 4.69) is 0 Å². The maximum absolute atomic E-state index is 8.89. The van der Waals surface area contributed by atoms with Gasteiger partial charge in [0.15, 0.2) is 0 Å². The lowest BCUT2D eigenvalue weighted by Crippen LogP contribution is -2.04. The molecule has 3 nitrogen and oxygen atoms in total. The summed E-state index contributed by atoms with van der Waals surface area (Å²) in [5.41, 5.74) is 0.943. The smallest absolute Gasteiger partial charge is 0.141 e. The van der Waals surface area contributed by atoms with Crippen LogP contribution in [0.4, 0.5) is 0 Å². The number of halogens is 2. The molecule has 1 unspecified atom stereocenters. The van der Waals surface area contributed by atoms with Crippen LogP contribution in [0.15, 0.2) is 12.1 Å². The van der Waals surface area contributed by atoms with Crippen molar-refractivity contribution in [2.75, 3.05) is 19.8 Å². The van der Waals surface area contributed by atoms with Crippen molar-refractivity contribution in [3.63, 3.8) is 0 Å². The number of rotatable bonds is 7. The topological polar surface area (TPSA) is 42.0 Å². The molecule has 0 spiro atoms. The lowest BCUT2D eigenvalue weighted by molar-refractivity contribution is 0.275. The monoisotopic (exact) mass is 290 g/mol. The third-order valence-electron chi connectivity index (χ3n) is 2.78. The molecule has 0 aliphatic carbocycles. The molecule has 0 saturated carbocycles. The van der Waals surface area contributed by atoms with E-state index in [1.807, 2.05) is 6.07 Å². The molecule has 5 heteroatoms. The van der Waals surface area contributed by atoms with Gasteiger partial charge in [0.1, 0.15) is 5.75 Å². The van der Waals surface area contributed by atoms with Gasteiger partial charge in [-0.15, -0.1) is 0 Å². The highest BCUT2D eigenvalue weighted by Gasteiger charge is 2.22. The van der Waals surface area contributed by atoms with Crippen molar-refractivity contribution >= 4 is 23.2 Å². The van der Waals surface area contributed by atoms with E-state index in [-0.39, 0.29) is 6.61 Å². The average molecular weight is 291 g/mol. The Kier molecular flexibility index (Phi) is 5.13. The van der Waals surface area contributed by atoms with E-state index < -0.39 is 0 Å².